The van der Waals surface area contributed by atoms with E-state index in [4.69, 9.17) is 5.11 Å². The van der Waals surface area contributed by atoms with Gasteiger partial charge in [0, 0.05) is 11.1 Å². The van der Waals surface area contributed by atoms with E-state index in [9.17, 15) is 18.0 Å². The minimum Gasteiger partial charge on any atom is -0.480 e. The van der Waals surface area contributed by atoms with E-state index in [2.05, 4.69) is 10.0 Å². The van der Waals surface area contributed by atoms with E-state index in [1.165, 1.54) is 24.3 Å². The zero-order valence-corrected chi connectivity index (χ0v) is 14.7. The maximum Gasteiger partial charge on any atom is 0.326 e. The maximum atomic E-state index is 12.2. The summed E-state index contributed by atoms with van der Waals surface area (Å²) in [6, 6.07) is 4.51. The van der Waals surface area contributed by atoms with Gasteiger partial charge in [-0.1, -0.05) is 0 Å². The van der Waals surface area contributed by atoms with Crippen molar-refractivity contribution in [3.8, 4) is 0 Å². The van der Waals surface area contributed by atoms with Gasteiger partial charge in [0.05, 0.1) is 4.90 Å². The zero-order valence-electron chi connectivity index (χ0n) is 13.9. The summed E-state index contributed by atoms with van der Waals surface area (Å²) < 4.78 is 26.9. The zero-order chi connectivity index (χ0) is 18.1. The van der Waals surface area contributed by atoms with E-state index in [1.54, 1.807) is 20.8 Å². The van der Waals surface area contributed by atoms with Gasteiger partial charge in [0.15, 0.2) is 0 Å². The number of aliphatic carboxylic acids is 1. The van der Waals surface area contributed by atoms with Gasteiger partial charge in [-0.2, -0.15) is 0 Å². The van der Waals surface area contributed by atoms with Crippen LogP contribution in [0.15, 0.2) is 29.2 Å². The van der Waals surface area contributed by atoms with Gasteiger partial charge in [-0.15, -0.1) is 0 Å². The minimum atomic E-state index is -3.68. The third kappa shape index (κ3) is 4.78. The molecule has 1 atom stereocenters. The first kappa shape index (κ1) is 18.4. The molecule has 1 aromatic rings. The summed E-state index contributed by atoms with van der Waals surface area (Å²) in [4.78, 5) is 23.4. The van der Waals surface area contributed by atoms with Crippen molar-refractivity contribution in [3.05, 3.63) is 29.8 Å². The first-order chi connectivity index (χ1) is 11.0. The summed E-state index contributed by atoms with van der Waals surface area (Å²) in [6.07, 6.45) is 1.57. The highest BCUT2D eigenvalue weighted by atomic mass is 32.2. The van der Waals surface area contributed by atoms with Gasteiger partial charge in [-0.3, -0.25) is 4.79 Å². The van der Waals surface area contributed by atoms with Crippen LogP contribution >= 0.6 is 0 Å². The van der Waals surface area contributed by atoms with Crippen molar-refractivity contribution in [1.82, 2.24) is 10.0 Å². The molecule has 0 aromatic heterocycles. The molecule has 1 aliphatic carbocycles. The summed E-state index contributed by atoms with van der Waals surface area (Å²) in [7, 11) is -3.68. The molecule has 0 bridgehead atoms. The SMILES string of the molecule is CC(C)(C)NS(=O)(=O)c1ccc(C(=O)NC(C(=O)O)C2CC2)cc1. The smallest absolute Gasteiger partial charge is 0.326 e. The lowest BCUT2D eigenvalue weighted by atomic mass is 10.1. The fraction of sp³-hybridized carbons (Fsp3) is 0.500. The molecule has 0 heterocycles. The standard InChI is InChI=1S/C16H22N2O5S/c1-16(2,3)18-24(22,23)12-8-6-11(7-9-12)14(19)17-13(15(20)21)10-4-5-10/h6-10,13,18H,4-5H2,1-3H3,(H,17,19)(H,20,21). The third-order valence-corrected chi connectivity index (χ3v) is 5.29. The van der Waals surface area contributed by atoms with Crippen LogP contribution in [0.1, 0.15) is 44.0 Å². The number of carboxylic acids is 1. The lowest BCUT2D eigenvalue weighted by molar-refractivity contribution is -0.139. The van der Waals surface area contributed by atoms with E-state index >= 15 is 0 Å². The average Bonchev–Trinajstić information content (AvgIpc) is 3.26. The Kier molecular flexibility index (Phi) is 5.00. The number of hydrogen-bond acceptors (Lipinski definition) is 4. The summed E-state index contributed by atoms with van der Waals surface area (Å²) in [5.74, 6) is -1.61. The summed E-state index contributed by atoms with van der Waals surface area (Å²) in [5.41, 5.74) is -0.398. The third-order valence-electron chi connectivity index (χ3n) is 3.51. The van der Waals surface area contributed by atoms with Gasteiger partial charge in [0.1, 0.15) is 6.04 Å². The van der Waals surface area contributed by atoms with Crippen molar-refractivity contribution in [2.45, 2.75) is 50.1 Å². The molecule has 1 aromatic carbocycles. The molecule has 3 N–H and O–H groups in total. The maximum absolute atomic E-state index is 12.2. The largest absolute Gasteiger partial charge is 0.480 e. The van der Waals surface area contributed by atoms with Crippen molar-refractivity contribution >= 4 is 21.9 Å². The Labute approximate surface area is 141 Å². The Morgan fingerprint density at radius 2 is 1.71 bits per heavy atom. The molecule has 24 heavy (non-hydrogen) atoms. The van der Waals surface area contributed by atoms with E-state index in [0.717, 1.165) is 12.8 Å². The minimum absolute atomic E-state index is 0.0258. The van der Waals surface area contributed by atoms with Crippen LogP contribution in [0.3, 0.4) is 0 Å². The van der Waals surface area contributed by atoms with Crippen LogP contribution in [0.5, 0.6) is 0 Å². The Bertz CT molecular complexity index is 731. The van der Waals surface area contributed by atoms with Crippen molar-refractivity contribution < 1.29 is 23.1 Å². The van der Waals surface area contributed by atoms with E-state index < -0.39 is 33.5 Å². The molecule has 0 saturated heterocycles. The fourth-order valence-corrected chi connectivity index (χ4v) is 3.70. The van der Waals surface area contributed by atoms with Crippen molar-refractivity contribution in [3.63, 3.8) is 0 Å². The number of rotatable bonds is 6. The Morgan fingerprint density at radius 3 is 2.12 bits per heavy atom. The number of carbonyl (C=O) groups is 2. The Hall–Kier alpha value is -1.93. The quantitative estimate of drug-likeness (QED) is 0.714. The number of amides is 1. The molecule has 8 heteroatoms. The molecular weight excluding hydrogens is 332 g/mol. The molecule has 1 amide bonds. The van der Waals surface area contributed by atoms with Crippen molar-refractivity contribution in [2.24, 2.45) is 5.92 Å². The molecular formula is C16H22N2O5S. The van der Waals surface area contributed by atoms with Crippen LogP contribution in [0.25, 0.3) is 0 Å². The van der Waals surface area contributed by atoms with Crippen molar-refractivity contribution in [1.29, 1.82) is 0 Å². The van der Waals surface area contributed by atoms with Crippen LogP contribution < -0.4 is 10.0 Å². The Morgan fingerprint density at radius 1 is 1.17 bits per heavy atom. The molecule has 1 fully saturated rings. The van der Waals surface area contributed by atoms with Gasteiger partial charge in [0.25, 0.3) is 5.91 Å². The number of nitrogens with one attached hydrogen (secondary N) is 2. The van der Waals surface area contributed by atoms with E-state index in [-0.39, 0.29) is 16.4 Å². The first-order valence-electron chi connectivity index (χ1n) is 7.67. The first-order valence-corrected chi connectivity index (χ1v) is 9.16. The summed E-state index contributed by atoms with van der Waals surface area (Å²) in [6.45, 7) is 5.20. The topological polar surface area (TPSA) is 113 Å². The molecule has 1 aliphatic rings. The van der Waals surface area contributed by atoms with Crippen LogP contribution in [-0.2, 0) is 14.8 Å². The molecule has 1 unspecified atom stereocenters. The second-order valence-electron chi connectivity index (χ2n) is 7.01. The number of sulfonamides is 1. The highest BCUT2D eigenvalue weighted by Crippen LogP contribution is 2.32. The molecule has 2 rings (SSSR count). The number of benzene rings is 1. The molecule has 0 spiro atoms. The Balaban J connectivity index is 2.11. The van der Waals surface area contributed by atoms with Gasteiger partial charge in [-0.05, 0) is 63.8 Å². The summed E-state index contributed by atoms with van der Waals surface area (Å²) >= 11 is 0. The predicted molar refractivity (Wildman–Crippen MR) is 88.1 cm³/mol. The number of carboxylic acid groups (broad SMARTS) is 1. The van der Waals surface area contributed by atoms with E-state index in [0.29, 0.717) is 0 Å². The van der Waals surface area contributed by atoms with E-state index in [1.807, 2.05) is 0 Å². The summed E-state index contributed by atoms with van der Waals surface area (Å²) in [5, 5.41) is 11.6. The normalized spacial score (nSPS) is 16.5. The lowest BCUT2D eigenvalue weighted by Gasteiger charge is -2.20. The van der Waals surface area contributed by atoms with Crippen LogP contribution in [0, 0.1) is 5.92 Å². The second-order valence-corrected chi connectivity index (χ2v) is 8.69. The number of carbonyl (C=O) groups excluding carboxylic acids is 1. The number of hydrogen-bond donors (Lipinski definition) is 3. The second kappa shape index (κ2) is 6.52. The fourth-order valence-electron chi connectivity index (χ4n) is 2.28. The molecule has 0 aliphatic heterocycles. The predicted octanol–water partition coefficient (Wildman–Crippen LogP) is 1.36. The van der Waals surface area contributed by atoms with Crippen LogP contribution in [0.4, 0.5) is 0 Å². The van der Waals surface area contributed by atoms with Gasteiger partial charge in [-0.25, -0.2) is 17.9 Å². The van der Waals surface area contributed by atoms with Gasteiger partial charge in [0.2, 0.25) is 10.0 Å². The molecule has 7 nitrogen and oxygen atoms in total. The van der Waals surface area contributed by atoms with Crippen molar-refractivity contribution in [2.75, 3.05) is 0 Å². The highest BCUT2D eigenvalue weighted by molar-refractivity contribution is 7.89. The molecule has 1 saturated carbocycles. The average molecular weight is 354 g/mol. The molecule has 0 radical (unpaired) electrons. The van der Waals surface area contributed by atoms with Crippen LogP contribution in [0.2, 0.25) is 0 Å². The van der Waals surface area contributed by atoms with Gasteiger partial charge < -0.3 is 10.4 Å². The highest BCUT2D eigenvalue weighted by Gasteiger charge is 2.37. The van der Waals surface area contributed by atoms with Gasteiger partial charge >= 0.3 is 5.97 Å². The monoisotopic (exact) mass is 354 g/mol. The molecule has 132 valence electrons. The lowest BCUT2D eigenvalue weighted by Crippen LogP contribution is -2.42. The van der Waals surface area contributed by atoms with Crippen LogP contribution in [-0.4, -0.2) is 37.0 Å².